The van der Waals surface area contributed by atoms with E-state index in [4.69, 9.17) is 14.5 Å². The zero-order valence-electron chi connectivity index (χ0n) is 17.4. The van der Waals surface area contributed by atoms with Gasteiger partial charge in [-0.2, -0.15) is 0 Å². The second-order valence-electron chi connectivity index (χ2n) is 7.16. The predicted octanol–water partition coefficient (Wildman–Crippen LogP) is 2.28. The number of aliphatic imine (C=N–C) groups is 1. The highest BCUT2D eigenvalue weighted by atomic mass is 127. The monoisotopic (exact) mass is 516 g/mol. The van der Waals surface area contributed by atoms with Gasteiger partial charge < -0.3 is 24.6 Å². The van der Waals surface area contributed by atoms with Gasteiger partial charge in [0.05, 0.1) is 6.54 Å². The SMILES string of the molecule is CCNC(=NCCOc1ccccc1C)N1CCN(C(=O)C2CCCO2)CC1.I. The van der Waals surface area contributed by atoms with Gasteiger partial charge >= 0.3 is 0 Å². The van der Waals surface area contributed by atoms with Crippen molar-refractivity contribution in [3.8, 4) is 5.75 Å². The van der Waals surface area contributed by atoms with Crippen LogP contribution in [0.5, 0.6) is 5.75 Å². The fourth-order valence-corrected chi connectivity index (χ4v) is 3.57. The molecule has 2 aliphatic heterocycles. The normalized spacial score (nSPS) is 19.7. The van der Waals surface area contributed by atoms with E-state index in [1.165, 1.54) is 0 Å². The van der Waals surface area contributed by atoms with Crippen LogP contribution in [-0.4, -0.2) is 80.3 Å². The zero-order valence-corrected chi connectivity index (χ0v) is 19.8. The van der Waals surface area contributed by atoms with Crippen molar-refractivity contribution in [3.05, 3.63) is 29.8 Å². The van der Waals surface area contributed by atoms with Crippen LogP contribution in [0.15, 0.2) is 29.3 Å². The van der Waals surface area contributed by atoms with E-state index in [1.807, 2.05) is 36.1 Å². The van der Waals surface area contributed by atoms with E-state index in [9.17, 15) is 4.79 Å². The van der Waals surface area contributed by atoms with Crippen molar-refractivity contribution in [1.82, 2.24) is 15.1 Å². The Bertz CT molecular complexity index is 672. The van der Waals surface area contributed by atoms with E-state index < -0.39 is 0 Å². The summed E-state index contributed by atoms with van der Waals surface area (Å²) >= 11 is 0. The number of nitrogens with one attached hydrogen (secondary N) is 1. The Hall–Kier alpha value is -1.55. The average Bonchev–Trinajstić information content (AvgIpc) is 3.26. The van der Waals surface area contributed by atoms with Gasteiger partial charge in [0.25, 0.3) is 5.91 Å². The average molecular weight is 516 g/mol. The molecule has 0 saturated carbocycles. The van der Waals surface area contributed by atoms with Crippen molar-refractivity contribution < 1.29 is 14.3 Å². The number of rotatable bonds is 6. The second kappa shape index (κ2) is 12.2. The number of benzene rings is 1. The lowest BCUT2D eigenvalue weighted by atomic mass is 10.2. The van der Waals surface area contributed by atoms with Crippen LogP contribution in [0, 0.1) is 6.92 Å². The Morgan fingerprint density at radius 2 is 1.97 bits per heavy atom. The van der Waals surface area contributed by atoms with Crippen molar-refractivity contribution in [1.29, 1.82) is 0 Å². The predicted molar refractivity (Wildman–Crippen MR) is 125 cm³/mol. The summed E-state index contributed by atoms with van der Waals surface area (Å²) in [4.78, 5) is 21.3. The molecule has 0 bridgehead atoms. The highest BCUT2D eigenvalue weighted by Gasteiger charge is 2.30. The Morgan fingerprint density at radius 1 is 1.24 bits per heavy atom. The molecular weight excluding hydrogens is 483 g/mol. The van der Waals surface area contributed by atoms with Crippen LogP contribution in [0.3, 0.4) is 0 Å². The number of guanidine groups is 1. The molecule has 162 valence electrons. The second-order valence-corrected chi connectivity index (χ2v) is 7.16. The molecule has 1 N–H and O–H groups in total. The molecule has 1 aromatic carbocycles. The fourth-order valence-electron chi connectivity index (χ4n) is 3.57. The molecule has 3 rings (SSSR count). The minimum atomic E-state index is -0.230. The Kier molecular flexibility index (Phi) is 9.99. The summed E-state index contributed by atoms with van der Waals surface area (Å²) in [5.41, 5.74) is 1.13. The number of hydrogen-bond donors (Lipinski definition) is 1. The van der Waals surface area contributed by atoms with Crippen LogP contribution in [0.25, 0.3) is 0 Å². The summed E-state index contributed by atoms with van der Waals surface area (Å²) < 4.78 is 11.4. The first-order chi connectivity index (χ1) is 13.7. The first-order valence-corrected chi connectivity index (χ1v) is 10.3. The Morgan fingerprint density at radius 3 is 2.62 bits per heavy atom. The van der Waals surface area contributed by atoms with Crippen molar-refractivity contribution in [3.63, 3.8) is 0 Å². The van der Waals surface area contributed by atoms with Gasteiger partial charge in [0.2, 0.25) is 0 Å². The van der Waals surface area contributed by atoms with Crippen LogP contribution < -0.4 is 10.1 Å². The van der Waals surface area contributed by atoms with Gasteiger partial charge in [-0.3, -0.25) is 4.79 Å². The maximum atomic E-state index is 12.5. The smallest absolute Gasteiger partial charge is 0.251 e. The van der Waals surface area contributed by atoms with Crippen molar-refractivity contribution in [2.45, 2.75) is 32.8 Å². The number of para-hydroxylation sites is 1. The molecule has 2 heterocycles. The molecule has 0 aliphatic carbocycles. The summed E-state index contributed by atoms with van der Waals surface area (Å²) in [6, 6.07) is 8.01. The molecule has 2 fully saturated rings. The molecule has 0 aromatic heterocycles. The van der Waals surface area contributed by atoms with Gasteiger partial charge in [-0.1, -0.05) is 18.2 Å². The topological polar surface area (TPSA) is 66.4 Å². The molecule has 1 aromatic rings. The highest BCUT2D eigenvalue weighted by molar-refractivity contribution is 14.0. The van der Waals surface area contributed by atoms with Crippen LogP contribution >= 0.6 is 24.0 Å². The van der Waals surface area contributed by atoms with E-state index in [2.05, 4.69) is 17.1 Å². The number of aryl methyl sites for hydroxylation is 1. The molecule has 1 atom stereocenters. The number of halogens is 1. The van der Waals surface area contributed by atoms with Crippen molar-refractivity contribution in [2.24, 2.45) is 4.99 Å². The van der Waals surface area contributed by atoms with E-state index >= 15 is 0 Å². The van der Waals surface area contributed by atoms with Gasteiger partial charge in [-0.25, -0.2) is 4.99 Å². The standard InChI is InChI=1S/C21H32N4O3.HI/c1-3-22-21(23-10-16-28-18-8-5-4-7-17(18)2)25-13-11-24(12-14-25)20(26)19-9-6-15-27-19;/h4-5,7-8,19H,3,6,9-16H2,1-2H3,(H,22,23);1H. The molecule has 1 amide bonds. The third-order valence-corrected chi connectivity index (χ3v) is 5.13. The number of piperazine rings is 1. The number of carbonyl (C=O) groups excluding carboxylic acids is 1. The number of nitrogens with zero attached hydrogens (tertiary/aromatic N) is 3. The number of hydrogen-bond acceptors (Lipinski definition) is 4. The zero-order chi connectivity index (χ0) is 19.8. The summed E-state index contributed by atoms with van der Waals surface area (Å²) in [6.07, 6.45) is 1.61. The molecule has 7 nitrogen and oxygen atoms in total. The fraction of sp³-hybridized carbons (Fsp3) is 0.619. The third kappa shape index (κ3) is 6.74. The van der Waals surface area contributed by atoms with Crippen LogP contribution in [0.2, 0.25) is 0 Å². The number of amides is 1. The summed E-state index contributed by atoms with van der Waals surface area (Å²) in [6.45, 7) is 9.74. The van der Waals surface area contributed by atoms with E-state index in [0.717, 1.165) is 49.7 Å². The van der Waals surface area contributed by atoms with Crippen LogP contribution in [0.4, 0.5) is 0 Å². The van der Waals surface area contributed by atoms with Crippen LogP contribution in [0.1, 0.15) is 25.3 Å². The lowest BCUT2D eigenvalue weighted by molar-refractivity contribution is -0.142. The third-order valence-electron chi connectivity index (χ3n) is 5.13. The number of carbonyl (C=O) groups is 1. The minimum absolute atomic E-state index is 0. The lowest BCUT2D eigenvalue weighted by Crippen LogP contribution is -2.55. The molecule has 1 unspecified atom stereocenters. The maximum Gasteiger partial charge on any atom is 0.251 e. The summed E-state index contributed by atoms with van der Waals surface area (Å²) in [5.74, 6) is 1.94. The maximum absolute atomic E-state index is 12.5. The molecule has 29 heavy (non-hydrogen) atoms. The first-order valence-electron chi connectivity index (χ1n) is 10.3. The molecule has 2 saturated heterocycles. The lowest BCUT2D eigenvalue weighted by Gasteiger charge is -2.37. The van der Waals surface area contributed by atoms with Gasteiger partial charge in [0.15, 0.2) is 5.96 Å². The van der Waals surface area contributed by atoms with Crippen molar-refractivity contribution >= 4 is 35.8 Å². The quantitative estimate of drug-likeness (QED) is 0.272. The van der Waals surface area contributed by atoms with Gasteiger partial charge in [0, 0.05) is 39.3 Å². The summed E-state index contributed by atoms with van der Waals surface area (Å²) in [7, 11) is 0. The molecule has 2 aliphatic rings. The first kappa shape index (κ1) is 23.7. The molecular formula is C21H33IN4O3. The van der Waals surface area contributed by atoms with E-state index in [0.29, 0.717) is 32.8 Å². The highest BCUT2D eigenvalue weighted by Crippen LogP contribution is 2.17. The minimum Gasteiger partial charge on any atom is -0.491 e. The molecule has 0 spiro atoms. The Labute approximate surface area is 190 Å². The van der Waals surface area contributed by atoms with Crippen molar-refractivity contribution in [2.75, 3.05) is 52.5 Å². The largest absolute Gasteiger partial charge is 0.491 e. The van der Waals surface area contributed by atoms with Crippen LogP contribution in [-0.2, 0) is 9.53 Å². The molecule has 0 radical (unpaired) electrons. The molecule has 8 heteroatoms. The van der Waals surface area contributed by atoms with E-state index in [-0.39, 0.29) is 36.0 Å². The Balaban J connectivity index is 0.00000300. The van der Waals surface area contributed by atoms with Gasteiger partial charge in [-0.15, -0.1) is 24.0 Å². The van der Waals surface area contributed by atoms with E-state index in [1.54, 1.807) is 0 Å². The number of ether oxygens (including phenoxy) is 2. The summed E-state index contributed by atoms with van der Waals surface area (Å²) in [5, 5.41) is 3.35. The van der Waals surface area contributed by atoms with Gasteiger partial charge in [-0.05, 0) is 38.3 Å². The van der Waals surface area contributed by atoms with Gasteiger partial charge in [0.1, 0.15) is 18.5 Å².